The quantitative estimate of drug-likeness (QED) is 0.831. The topological polar surface area (TPSA) is 15.3 Å². The minimum atomic E-state index is 0.454. The van der Waals surface area contributed by atoms with E-state index in [4.69, 9.17) is 0 Å². The van der Waals surface area contributed by atoms with Gasteiger partial charge in [-0.3, -0.25) is 0 Å². The third-order valence-corrected chi connectivity index (χ3v) is 5.16. The second-order valence-corrected chi connectivity index (χ2v) is 7.12. The van der Waals surface area contributed by atoms with Crippen LogP contribution in [0.5, 0.6) is 0 Å². The van der Waals surface area contributed by atoms with Crippen LogP contribution in [-0.2, 0) is 6.54 Å². The molecule has 0 saturated heterocycles. The molecule has 1 heterocycles. The van der Waals surface area contributed by atoms with Crippen molar-refractivity contribution in [1.82, 2.24) is 10.2 Å². The van der Waals surface area contributed by atoms with Crippen LogP contribution >= 0.6 is 11.3 Å². The van der Waals surface area contributed by atoms with Gasteiger partial charge in [0.2, 0.25) is 0 Å². The van der Waals surface area contributed by atoms with Crippen molar-refractivity contribution in [1.29, 1.82) is 0 Å². The average molecular weight is 300 g/mol. The van der Waals surface area contributed by atoms with E-state index in [-0.39, 0.29) is 0 Å². The number of nitrogens with one attached hydrogen (secondary N) is 1. The summed E-state index contributed by atoms with van der Waals surface area (Å²) in [7, 11) is 4.30. The molecule has 3 heteroatoms. The van der Waals surface area contributed by atoms with Crippen molar-refractivity contribution < 1.29 is 0 Å². The van der Waals surface area contributed by atoms with Crippen molar-refractivity contribution in [3.8, 4) is 0 Å². The fourth-order valence-corrected chi connectivity index (χ4v) is 3.62. The molecule has 0 amide bonds. The Kier molecular flexibility index (Phi) is 4.73. The van der Waals surface area contributed by atoms with Crippen LogP contribution in [0.2, 0.25) is 0 Å². The van der Waals surface area contributed by atoms with E-state index in [1.54, 1.807) is 0 Å². The summed E-state index contributed by atoms with van der Waals surface area (Å²) in [5, 5.41) is 5.76. The third-order valence-electron chi connectivity index (χ3n) is 4.19. The molecule has 0 aliphatic heterocycles. The summed E-state index contributed by atoms with van der Waals surface area (Å²) >= 11 is 1.84. The van der Waals surface area contributed by atoms with Gasteiger partial charge in [0.25, 0.3) is 0 Å². The Morgan fingerprint density at radius 3 is 2.52 bits per heavy atom. The van der Waals surface area contributed by atoms with Gasteiger partial charge in [0.15, 0.2) is 0 Å². The van der Waals surface area contributed by atoms with Crippen molar-refractivity contribution in [2.45, 2.75) is 31.3 Å². The first kappa shape index (κ1) is 14.8. The van der Waals surface area contributed by atoms with Crippen LogP contribution in [0.15, 0.2) is 41.8 Å². The van der Waals surface area contributed by atoms with E-state index in [0.29, 0.717) is 6.04 Å². The number of thiophene rings is 1. The Balaban J connectivity index is 1.52. The molecule has 0 radical (unpaired) electrons. The second-order valence-electron chi connectivity index (χ2n) is 6.14. The largest absolute Gasteiger partial charge is 0.311 e. The molecular formula is C18H24N2S. The number of nitrogens with zero attached hydrogens (tertiary/aromatic N) is 1. The molecule has 1 aliphatic carbocycles. The minimum Gasteiger partial charge on any atom is -0.311 e. The van der Waals surface area contributed by atoms with Gasteiger partial charge in [-0.15, -0.1) is 11.3 Å². The zero-order valence-electron chi connectivity index (χ0n) is 12.9. The Morgan fingerprint density at radius 1 is 1.19 bits per heavy atom. The fraction of sp³-hybridized carbons (Fsp3) is 0.444. The lowest BCUT2D eigenvalue weighted by molar-refractivity contribution is 0.292. The molecule has 3 rings (SSSR count). The summed E-state index contributed by atoms with van der Waals surface area (Å²) in [6.45, 7) is 1.93. The Bertz CT molecular complexity index is 541. The monoisotopic (exact) mass is 300 g/mol. The first-order valence-corrected chi connectivity index (χ1v) is 8.61. The fourth-order valence-electron chi connectivity index (χ4n) is 2.70. The first-order chi connectivity index (χ1) is 10.2. The van der Waals surface area contributed by atoms with E-state index in [9.17, 15) is 0 Å². The van der Waals surface area contributed by atoms with Crippen LogP contribution in [0.25, 0.3) is 0 Å². The lowest BCUT2D eigenvalue weighted by Crippen LogP contribution is -2.30. The van der Waals surface area contributed by atoms with Gasteiger partial charge < -0.3 is 10.2 Å². The number of benzene rings is 1. The molecule has 1 saturated carbocycles. The van der Waals surface area contributed by atoms with Crippen LogP contribution < -0.4 is 5.32 Å². The summed E-state index contributed by atoms with van der Waals surface area (Å²) < 4.78 is 0. The highest BCUT2D eigenvalue weighted by Gasteiger charge is 2.22. The number of hydrogen-bond acceptors (Lipinski definition) is 3. The number of hydrogen-bond donors (Lipinski definition) is 1. The van der Waals surface area contributed by atoms with E-state index in [1.807, 2.05) is 11.3 Å². The molecule has 0 bridgehead atoms. The average Bonchev–Trinajstić information content (AvgIpc) is 3.20. The van der Waals surface area contributed by atoms with E-state index in [2.05, 4.69) is 66.1 Å². The number of rotatable bonds is 7. The molecule has 21 heavy (non-hydrogen) atoms. The van der Waals surface area contributed by atoms with Crippen molar-refractivity contribution in [3.05, 3.63) is 57.8 Å². The smallest absolute Gasteiger partial charge is 0.0561 e. The van der Waals surface area contributed by atoms with Crippen LogP contribution in [0.3, 0.4) is 0 Å². The van der Waals surface area contributed by atoms with E-state index in [0.717, 1.165) is 19.0 Å². The maximum atomic E-state index is 3.60. The predicted octanol–water partition coefficient (Wildman–Crippen LogP) is 4.02. The highest BCUT2D eigenvalue weighted by atomic mass is 32.1. The number of likely N-dealkylation sites (N-methyl/N-ethyl adjacent to an activating group) is 1. The Labute approximate surface area is 131 Å². The second kappa shape index (κ2) is 6.73. The molecule has 2 aromatic rings. The maximum absolute atomic E-state index is 3.60. The normalized spacial score (nSPS) is 16.3. The summed E-state index contributed by atoms with van der Waals surface area (Å²) in [4.78, 5) is 3.71. The lowest BCUT2D eigenvalue weighted by Gasteiger charge is -2.23. The minimum absolute atomic E-state index is 0.454. The van der Waals surface area contributed by atoms with Crippen molar-refractivity contribution >= 4 is 11.3 Å². The Morgan fingerprint density at radius 2 is 1.95 bits per heavy atom. The van der Waals surface area contributed by atoms with Gasteiger partial charge in [0, 0.05) is 18.0 Å². The molecule has 1 aliphatic rings. The van der Waals surface area contributed by atoms with Gasteiger partial charge >= 0.3 is 0 Å². The summed E-state index contributed by atoms with van der Waals surface area (Å²) in [6.07, 6.45) is 2.76. The summed E-state index contributed by atoms with van der Waals surface area (Å²) in [5.41, 5.74) is 2.89. The zero-order chi connectivity index (χ0) is 14.7. The molecule has 1 unspecified atom stereocenters. The van der Waals surface area contributed by atoms with E-state index >= 15 is 0 Å². The maximum Gasteiger partial charge on any atom is 0.0561 e. The lowest BCUT2D eigenvalue weighted by atomic mass is 10.1. The molecule has 1 fully saturated rings. The summed E-state index contributed by atoms with van der Waals surface area (Å²) in [6, 6.07) is 14.0. The van der Waals surface area contributed by atoms with Crippen molar-refractivity contribution in [3.63, 3.8) is 0 Å². The van der Waals surface area contributed by atoms with Gasteiger partial charge in [-0.1, -0.05) is 30.3 Å². The highest BCUT2D eigenvalue weighted by Crippen LogP contribution is 2.39. The molecule has 2 nitrogen and oxygen atoms in total. The van der Waals surface area contributed by atoms with E-state index in [1.165, 1.54) is 28.8 Å². The van der Waals surface area contributed by atoms with Gasteiger partial charge in [-0.25, -0.2) is 0 Å². The van der Waals surface area contributed by atoms with Gasteiger partial charge in [-0.05, 0) is 55.4 Å². The standard InChI is InChI=1S/C18H24N2S/c1-20(2)17(18-4-3-11-21-18)13-19-12-14-5-7-15(8-6-14)16-9-10-16/h3-8,11,16-17,19H,9-10,12-13H2,1-2H3. The Hall–Kier alpha value is -1.16. The third kappa shape index (κ3) is 3.94. The van der Waals surface area contributed by atoms with Crippen molar-refractivity contribution in [2.24, 2.45) is 0 Å². The van der Waals surface area contributed by atoms with Gasteiger partial charge in [-0.2, -0.15) is 0 Å². The van der Waals surface area contributed by atoms with Crippen LogP contribution in [0, 0.1) is 0 Å². The highest BCUT2D eigenvalue weighted by molar-refractivity contribution is 7.10. The SMILES string of the molecule is CN(C)C(CNCc1ccc(C2CC2)cc1)c1cccs1. The van der Waals surface area contributed by atoms with Gasteiger partial charge in [0.05, 0.1) is 6.04 Å². The molecule has 1 aromatic heterocycles. The summed E-state index contributed by atoms with van der Waals surface area (Å²) in [5.74, 6) is 0.851. The van der Waals surface area contributed by atoms with Gasteiger partial charge in [0.1, 0.15) is 0 Å². The molecule has 0 spiro atoms. The molecule has 1 atom stereocenters. The van der Waals surface area contributed by atoms with E-state index < -0.39 is 0 Å². The van der Waals surface area contributed by atoms with Crippen LogP contribution in [0.1, 0.15) is 40.8 Å². The molecule has 1 N–H and O–H groups in total. The first-order valence-electron chi connectivity index (χ1n) is 7.73. The predicted molar refractivity (Wildman–Crippen MR) is 90.9 cm³/mol. The van der Waals surface area contributed by atoms with Crippen LogP contribution in [-0.4, -0.2) is 25.5 Å². The molecule has 1 aromatic carbocycles. The molecular weight excluding hydrogens is 276 g/mol. The zero-order valence-corrected chi connectivity index (χ0v) is 13.7. The molecule has 112 valence electrons. The van der Waals surface area contributed by atoms with Crippen molar-refractivity contribution in [2.75, 3.05) is 20.6 Å². The van der Waals surface area contributed by atoms with Crippen LogP contribution in [0.4, 0.5) is 0 Å².